The molecule has 144 valence electrons. The average Bonchev–Trinajstić information content (AvgIpc) is 3.36. The van der Waals surface area contributed by atoms with Crippen LogP contribution in [0.1, 0.15) is 54.5 Å². The summed E-state index contributed by atoms with van der Waals surface area (Å²) in [6, 6.07) is 8.58. The monoisotopic (exact) mass is 384 g/mol. The number of nitrogens with one attached hydrogen (secondary N) is 1. The van der Waals surface area contributed by atoms with E-state index in [1.54, 1.807) is 0 Å². The number of hydrogen-bond donors (Lipinski definition) is 1. The molecule has 0 bridgehead atoms. The van der Waals surface area contributed by atoms with E-state index in [4.69, 9.17) is 17.0 Å². The number of rotatable bonds is 5. The Kier molecular flexibility index (Phi) is 5.19. The second kappa shape index (κ2) is 7.60. The fourth-order valence-corrected chi connectivity index (χ4v) is 4.88. The summed E-state index contributed by atoms with van der Waals surface area (Å²) in [7, 11) is 0. The van der Waals surface area contributed by atoms with E-state index in [1.807, 2.05) is 18.3 Å². The van der Waals surface area contributed by atoms with E-state index >= 15 is 0 Å². The summed E-state index contributed by atoms with van der Waals surface area (Å²) in [6.45, 7) is 9.25. The van der Waals surface area contributed by atoms with Gasteiger partial charge in [0.05, 0.1) is 23.9 Å². The lowest BCUT2D eigenvalue weighted by molar-refractivity contribution is 0.0841. The average molecular weight is 385 g/mol. The Morgan fingerprint density at radius 3 is 2.81 bits per heavy atom. The van der Waals surface area contributed by atoms with E-state index in [1.165, 1.54) is 17.0 Å². The Hall–Kier alpha value is -1.92. The molecule has 0 amide bonds. The van der Waals surface area contributed by atoms with Crippen molar-refractivity contribution in [1.82, 2.24) is 19.8 Å². The van der Waals surface area contributed by atoms with Crippen molar-refractivity contribution >= 4 is 17.3 Å². The number of nitrogens with zero attached hydrogens (tertiary/aromatic N) is 3. The van der Waals surface area contributed by atoms with Crippen LogP contribution in [0.3, 0.4) is 0 Å². The molecule has 0 saturated carbocycles. The van der Waals surface area contributed by atoms with Crippen LogP contribution < -0.4 is 5.32 Å². The predicted molar refractivity (Wildman–Crippen MR) is 111 cm³/mol. The second-order valence-corrected chi connectivity index (χ2v) is 7.87. The van der Waals surface area contributed by atoms with E-state index in [0.29, 0.717) is 0 Å². The topological polar surface area (TPSA) is 42.3 Å². The van der Waals surface area contributed by atoms with Crippen molar-refractivity contribution in [3.63, 3.8) is 0 Å². The molecule has 2 saturated heterocycles. The van der Waals surface area contributed by atoms with Crippen LogP contribution in [0, 0.1) is 13.8 Å². The van der Waals surface area contributed by atoms with Crippen molar-refractivity contribution in [2.45, 2.75) is 58.3 Å². The number of thiocarbonyl (C=S) groups is 1. The van der Waals surface area contributed by atoms with Crippen molar-refractivity contribution in [2.75, 3.05) is 13.2 Å². The minimum Gasteiger partial charge on any atom is -0.376 e. The zero-order chi connectivity index (χ0) is 19.0. The fourth-order valence-electron chi connectivity index (χ4n) is 4.56. The van der Waals surface area contributed by atoms with Gasteiger partial charge < -0.3 is 19.5 Å². The largest absolute Gasteiger partial charge is 0.376 e. The van der Waals surface area contributed by atoms with Gasteiger partial charge in [0.15, 0.2) is 5.11 Å². The normalized spacial score (nSPS) is 25.2. The highest BCUT2D eigenvalue weighted by Gasteiger charge is 2.42. The van der Waals surface area contributed by atoms with Gasteiger partial charge in [-0.05, 0) is 69.6 Å². The maximum atomic E-state index is 5.92. The molecule has 3 atom stereocenters. The summed E-state index contributed by atoms with van der Waals surface area (Å²) in [5, 5.41) is 4.35. The molecule has 27 heavy (non-hydrogen) atoms. The highest BCUT2D eigenvalue weighted by molar-refractivity contribution is 7.80. The van der Waals surface area contributed by atoms with Gasteiger partial charge in [-0.25, -0.2) is 0 Å². The van der Waals surface area contributed by atoms with Crippen molar-refractivity contribution in [3.05, 3.63) is 53.1 Å². The van der Waals surface area contributed by atoms with Crippen LogP contribution in [0.25, 0.3) is 0 Å². The van der Waals surface area contributed by atoms with E-state index < -0.39 is 0 Å². The molecule has 2 aliphatic rings. The zero-order valence-corrected chi connectivity index (χ0v) is 17.1. The van der Waals surface area contributed by atoms with Crippen LogP contribution >= 0.6 is 12.2 Å². The molecule has 1 N–H and O–H groups in total. The van der Waals surface area contributed by atoms with Crippen molar-refractivity contribution in [3.8, 4) is 0 Å². The molecule has 5 nitrogen and oxygen atoms in total. The summed E-state index contributed by atoms with van der Waals surface area (Å²) < 4.78 is 8.29. The lowest BCUT2D eigenvalue weighted by Crippen LogP contribution is -2.36. The third-order valence-electron chi connectivity index (χ3n) is 5.87. The second-order valence-electron chi connectivity index (χ2n) is 7.48. The van der Waals surface area contributed by atoms with Crippen LogP contribution in [0.4, 0.5) is 0 Å². The quantitative estimate of drug-likeness (QED) is 0.797. The number of pyridine rings is 1. The Labute approximate surface area is 166 Å². The third-order valence-corrected chi connectivity index (χ3v) is 6.22. The predicted octanol–water partition coefficient (Wildman–Crippen LogP) is 3.67. The Morgan fingerprint density at radius 2 is 2.19 bits per heavy atom. The molecule has 0 aromatic carbocycles. The Morgan fingerprint density at radius 1 is 1.33 bits per heavy atom. The third kappa shape index (κ3) is 3.36. The number of ether oxygens (including phenoxy) is 1. The molecule has 2 fully saturated rings. The highest BCUT2D eigenvalue weighted by Crippen LogP contribution is 2.41. The van der Waals surface area contributed by atoms with Gasteiger partial charge in [-0.15, -0.1) is 0 Å². The Balaban J connectivity index is 1.75. The molecule has 0 radical (unpaired) electrons. The first-order chi connectivity index (χ1) is 13.1. The molecule has 4 heterocycles. The molecule has 2 aromatic heterocycles. The van der Waals surface area contributed by atoms with Crippen LogP contribution in [0.2, 0.25) is 0 Å². The molecule has 0 aliphatic carbocycles. The maximum Gasteiger partial charge on any atom is 0.170 e. The molecule has 2 aromatic rings. The smallest absolute Gasteiger partial charge is 0.170 e. The summed E-state index contributed by atoms with van der Waals surface area (Å²) in [4.78, 5) is 6.96. The molecule has 6 heteroatoms. The van der Waals surface area contributed by atoms with Gasteiger partial charge in [0.1, 0.15) is 0 Å². The van der Waals surface area contributed by atoms with Crippen LogP contribution in [-0.2, 0) is 11.3 Å². The number of hydrogen-bond acceptors (Lipinski definition) is 3. The van der Waals surface area contributed by atoms with E-state index in [0.717, 1.165) is 43.3 Å². The first-order valence-electron chi connectivity index (χ1n) is 9.86. The lowest BCUT2D eigenvalue weighted by Gasteiger charge is -2.30. The zero-order valence-electron chi connectivity index (χ0n) is 16.3. The van der Waals surface area contributed by atoms with Crippen molar-refractivity contribution in [2.24, 2.45) is 0 Å². The number of aromatic nitrogens is 2. The van der Waals surface area contributed by atoms with Crippen molar-refractivity contribution < 1.29 is 4.74 Å². The van der Waals surface area contributed by atoms with Gasteiger partial charge in [-0.1, -0.05) is 6.07 Å². The van der Waals surface area contributed by atoms with Gasteiger partial charge >= 0.3 is 0 Å². The molecule has 0 unspecified atom stereocenters. The molecule has 0 spiro atoms. The highest BCUT2D eigenvalue weighted by atomic mass is 32.1. The van der Waals surface area contributed by atoms with Crippen LogP contribution in [0.5, 0.6) is 0 Å². The SMILES string of the molecule is CCn1c(C)cc([C@@H]2[C@@H](c3ccccn3)NC(=S)N2C[C@H]2CCCO2)c1C. The molecule has 2 aliphatic heterocycles. The van der Waals surface area contributed by atoms with E-state index in [2.05, 4.69) is 52.7 Å². The summed E-state index contributed by atoms with van der Waals surface area (Å²) >= 11 is 5.77. The van der Waals surface area contributed by atoms with Crippen LogP contribution in [-0.4, -0.2) is 38.8 Å². The van der Waals surface area contributed by atoms with Gasteiger partial charge in [-0.2, -0.15) is 0 Å². The molecule has 4 rings (SSSR count). The first kappa shape index (κ1) is 18.4. The van der Waals surface area contributed by atoms with Gasteiger partial charge in [0.25, 0.3) is 0 Å². The Bertz CT molecular complexity index is 813. The van der Waals surface area contributed by atoms with Crippen molar-refractivity contribution in [1.29, 1.82) is 0 Å². The summed E-state index contributed by atoms with van der Waals surface area (Å²) in [5.74, 6) is 0. The molecular formula is C21H28N4OS. The summed E-state index contributed by atoms with van der Waals surface area (Å²) in [5.41, 5.74) is 4.96. The number of aryl methyl sites for hydroxylation is 1. The summed E-state index contributed by atoms with van der Waals surface area (Å²) in [6.07, 6.45) is 4.35. The lowest BCUT2D eigenvalue weighted by atomic mass is 9.96. The minimum absolute atomic E-state index is 0.0471. The van der Waals surface area contributed by atoms with E-state index in [9.17, 15) is 0 Å². The van der Waals surface area contributed by atoms with Gasteiger partial charge in [-0.3, -0.25) is 4.98 Å². The van der Waals surface area contributed by atoms with Gasteiger partial charge in [0, 0.05) is 37.3 Å². The van der Waals surface area contributed by atoms with E-state index in [-0.39, 0.29) is 18.2 Å². The maximum absolute atomic E-state index is 5.92. The standard InChI is InChI=1S/C21H28N4OS/c1-4-24-14(2)12-17(15(24)3)20-19(18-9-5-6-10-22-18)23-21(27)25(20)13-16-8-7-11-26-16/h5-6,9-10,12,16,19-20H,4,7-8,11,13H2,1-3H3,(H,23,27)/t16-,19-,20-/m1/s1. The fraction of sp³-hybridized carbons (Fsp3) is 0.524. The minimum atomic E-state index is 0.0471. The van der Waals surface area contributed by atoms with Gasteiger partial charge in [0.2, 0.25) is 0 Å². The first-order valence-corrected chi connectivity index (χ1v) is 10.3. The molecular weight excluding hydrogens is 356 g/mol. The van der Waals surface area contributed by atoms with Crippen LogP contribution in [0.15, 0.2) is 30.5 Å².